The number of allylic oxidation sites excluding steroid dienone is 1. The van der Waals surface area contributed by atoms with Gasteiger partial charge in [-0.25, -0.2) is 4.39 Å². The average Bonchev–Trinajstić information content (AvgIpc) is 3.71. The highest BCUT2D eigenvalue weighted by Crippen LogP contribution is 2.35. The van der Waals surface area contributed by atoms with Crippen molar-refractivity contribution in [1.29, 1.82) is 0 Å². The van der Waals surface area contributed by atoms with Crippen LogP contribution in [0.4, 0.5) is 4.39 Å². The first-order valence-electron chi connectivity index (χ1n) is 12.6. The summed E-state index contributed by atoms with van der Waals surface area (Å²) in [7, 11) is 1.58. The number of rotatable bonds is 12. The summed E-state index contributed by atoms with van der Waals surface area (Å²) in [5.74, 6) is 0.793. The Balaban J connectivity index is 1.56. The third-order valence-corrected chi connectivity index (χ3v) is 6.54. The fourth-order valence-electron chi connectivity index (χ4n) is 4.42. The molecular weight excluding hydrogens is 455 g/mol. The van der Waals surface area contributed by atoms with E-state index < -0.39 is 5.97 Å². The van der Waals surface area contributed by atoms with Gasteiger partial charge in [0.25, 0.3) is 0 Å². The Kier molecular flexibility index (Phi) is 8.42. The van der Waals surface area contributed by atoms with E-state index in [1.807, 2.05) is 42.5 Å². The summed E-state index contributed by atoms with van der Waals surface area (Å²) in [5, 5.41) is 9.28. The Morgan fingerprint density at radius 2 is 1.92 bits per heavy atom. The summed E-state index contributed by atoms with van der Waals surface area (Å²) in [6.07, 6.45) is 8.50. The molecule has 4 rings (SSSR count). The monoisotopic (exact) mass is 488 g/mol. The molecule has 0 aliphatic heterocycles. The molecule has 0 heterocycles. The van der Waals surface area contributed by atoms with Crippen LogP contribution >= 0.6 is 0 Å². The molecule has 0 unspecified atom stereocenters. The van der Waals surface area contributed by atoms with Crippen LogP contribution in [0.25, 0.3) is 17.2 Å². The molecule has 0 radical (unpaired) electrons. The highest BCUT2D eigenvalue weighted by Gasteiger charge is 2.18. The molecule has 1 aliphatic rings. The molecule has 0 bridgehead atoms. The zero-order chi connectivity index (χ0) is 25.5. The van der Waals surface area contributed by atoms with Crippen molar-refractivity contribution in [3.8, 4) is 22.6 Å². The number of aliphatic carboxylic acids is 1. The quantitative estimate of drug-likeness (QED) is 0.282. The van der Waals surface area contributed by atoms with Crippen LogP contribution in [-0.2, 0) is 11.4 Å². The standard InChI is InChI=1S/C31H33FO4/c1-3-5-23(18-31(33)34)24-6-4-7-27(17-24)36-20-22-11-14-28(25(16-22)12-10-21-8-9-21)29-19-26(35-2)13-15-30(29)32/h4,6-7,10-17,19,21,23H,3,5,8-9,18,20H2,1-2H3,(H,33,34)/t23-/m1/s1. The van der Waals surface area contributed by atoms with Crippen molar-refractivity contribution in [2.45, 2.75) is 51.6 Å². The van der Waals surface area contributed by atoms with E-state index in [9.17, 15) is 14.3 Å². The molecule has 0 aromatic heterocycles. The molecule has 1 atom stereocenters. The van der Waals surface area contributed by atoms with E-state index in [4.69, 9.17) is 9.47 Å². The number of benzene rings is 3. The van der Waals surface area contributed by atoms with Gasteiger partial charge in [0.15, 0.2) is 0 Å². The van der Waals surface area contributed by atoms with Gasteiger partial charge in [-0.2, -0.15) is 0 Å². The summed E-state index contributed by atoms with van der Waals surface area (Å²) in [4.78, 5) is 11.3. The van der Waals surface area contributed by atoms with E-state index in [2.05, 4.69) is 19.1 Å². The van der Waals surface area contributed by atoms with Crippen LogP contribution in [0, 0.1) is 11.7 Å². The average molecular weight is 489 g/mol. The van der Waals surface area contributed by atoms with Crippen molar-refractivity contribution >= 4 is 12.0 Å². The largest absolute Gasteiger partial charge is 0.497 e. The van der Waals surface area contributed by atoms with Crippen LogP contribution < -0.4 is 9.47 Å². The molecule has 3 aromatic rings. The summed E-state index contributed by atoms with van der Waals surface area (Å²) < 4.78 is 26.2. The molecule has 5 heteroatoms. The van der Waals surface area contributed by atoms with E-state index in [0.717, 1.165) is 35.1 Å². The molecule has 188 valence electrons. The number of carbonyl (C=O) groups is 1. The zero-order valence-corrected chi connectivity index (χ0v) is 20.9. The van der Waals surface area contributed by atoms with Crippen molar-refractivity contribution in [1.82, 2.24) is 0 Å². The third kappa shape index (κ3) is 6.75. The van der Waals surface area contributed by atoms with E-state index in [-0.39, 0.29) is 18.2 Å². The van der Waals surface area contributed by atoms with E-state index in [1.54, 1.807) is 19.2 Å². The SMILES string of the molecule is CCC[C@H](CC(=O)O)c1cccc(OCc2ccc(-c3cc(OC)ccc3F)c(C=CC3CC3)c2)c1. The summed E-state index contributed by atoms with van der Waals surface area (Å²) in [6, 6.07) is 18.4. The van der Waals surface area contributed by atoms with Gasteiger partial charge in [-0.05, 0) is 89.8 Å². The smallest absolute Gasteiger partial charge is 0.303 e. The lowest BCUT2D eigenvalue weighted by atomic mass is 9.91. The molecule has 1 saturated carbocycles. The van der Waals surface area contributed by atoms with E-state index in [0.29, 0.717) is 29.6 Å². The Hall–Kier alpha value is -3.60. The van der Waals surface area contributed by atoms with Crippen molar-refractivity contribution in [3.05, 3.63) is 89.2 Å². The van der Waals surface area contributed by atoms with Gasteiger partial charge in [-0.3, -0.25) is 4.79 Å². The van der Waals surface area contributed by atoms with Crippen LogP contribution in [0.15, 0.2) is 66.7 Å². The number of carboxylic acids is 1. The van der Waals surface area contributed by atoms with Crippen LogP contribution in [0.1, 0.15) is 61.6 Å². The summed E-state index contributed by atoms with van der Waals surface area (Å²) >= 11 is 0. The Labute approximate surface area is 212 Å². The molecule has 0 amide bonds. The van der Waals surface area contributed by atoms with Crippen molar-refractivity contribution in [3.63, 3.8) is 0 Å². The number of hydrogen-bond donors (Lipinski definition) is 1. The lowest BCUT2D eigenvalue weighted by Crippen LogP contribution is -2.06. The van der Waals surface area contributed by atoms with Crippen molar-refractivity contribution in [2.75, 3.05) is 7.11 Å². The topological polar surface area (TPSA) is 55.8 Å². The molecule has 1 aliphatic carbocycles. The molecule has 4 nitrogen and oxygen atoms in total. The van der Waals surface area contributed by atoms with Crippen LogP contribution in [0.2, 0.25) is 0 Å². The molecule has 36 heavy (non-hydrogen) atoms. The number of methoxy groups -OCH3 is 1. The van der Waals surface area contributed by atoms with E-state index in [1.165, 1.54) is 18.9 Å². The number of halogens is 1. The molecule has 1 N–H and O–H groups in total. The van der Waals surface area contributed by atoms with E-state index >= 15 is 0 Å². The maximum atomic E-state index is 14.7. The first-order chi connectivity index (χ1) is 17.5. The second-order valence-electron chi connectivity index (χ2n) is 9.41. The highest BCUT2D eigenvalue weighted by molar-refractivity contribution is 5.77. The summed E-state index contributed by atoms with van der Waals surface area (Å²) in [5.41, 5.74) is 4.20. The van der Waals surface area contributed by atoms with Gasteiger partial charge in [-0.15, -0.1) is 0 Å². The minimum atomic E-state index is -0.792. The van der Waals surface area contributed by atoms with Gasteiger partial charge >= 0.3 is 5.97 Å². The highest BCUT2D eigenvalue weighted by atomic mass is 19.1. The molecule has 0 saturated heterocycles. The van der Waals surface area contributed by atoms with Crippen molar-refractivity contribution < 1.29 is 23.8 Å². The minimum Gasteiger partial charge on any atom is -0.497 e. The second kappa shape index (κ2) is 11.9. The molecule has 1 fully saturated rings. The third-order valence-electron chi connectivity index (χ3n) is 6.54. The van der Waals surface area contributed by atoms with Gasteiger partial charge in [0.1, 0.15) is 23.9 Å². The number of carboxylic acid groups (broad SMARTS) is 1. The first-order valence-corrected chi connectivity index (χ1v) is 12.6. The minimum absolute atomic E-state index is 0.0349. The van der Waals surface area contributed by atoms with Gasteiger partial charge in [0, 0.05) is 5.56 Å². The van der Waals surface area contributed by atoms with Gasteiger partial charge in [-0.1, -0.05) is 49.8 Å². The Morgan fingerprint density at radius 1 is 1.08 bits per heavy atom. The van der Waals surface area contributed by atoms with Gasteiger partial charge in [0.2, 0.25) is 0 Å². The lowest BCUT2D eigenvalue weighted by molar-refractivity contribution is -0.137. The van der Waals surface area contributed by atoms with Gasteiger partial charge in [0.05, 0.1) is 13.5 Å². The molecule has 0 spiro atoms. The summed E-state index contributed by atoms with van der Waals surface area (Å²) in [6.45, 7) is 2.41. The molecule has 3 aromatic carbocycles. The first kappa shape index (κ1) is 25.5. The van der Waals surface area contributed by atoms with Crippen LogP contribution in [0.3, 0.4) is 0 Å². The van der Waals surface area contributed by atoms with Crippen LogP contribution in [0.5, 0.6) is 11.5 Å². The predicted octanol–water partition coefficient (Wildman–Crippen LogP) is 7.86. The number of hydrogen-bond acceptors (Lipinski definition) is 3. The normalized spacial score (nSPS) is 14.1. The second-order valence-corrected chi connectivity index (χ2v) is 9.41. The maximum absolute atomic E-state index is 14.7. The zero-order valence-electron chi connectivity index (χ0n) is 20.9. The van der Waals surface area contributed by atoms with Crippen LogP contribution in [-0.4, -0.2) is 18.2 Å². The fraction of sp³-hybridized carbons (Fsp3) is 0.323. The maximum Gasteiger partial charge on any atom is 0.303 e. The van der Waals surface area contributed by atoms with Gasteiger partial charge < -0.3 is 14.6 Å². The lowest BCUT2D eigenvalue weighted by Gasteiger charge is -2.16. The van der Waals surface area contributed by atoms with Crippen molar-refractivity contribution in [2.24, 2.45) is 5.92 Å². The fourth-order valence-corrected chi connectivity index (χ4v) is 4.42. The molecular formula is C31H33FO4. The predicted molar refractivity (Wildman–Crippen MR) is 141 cm³/mol. The number of ether oxygens (including phenoxy) is 2. The Bertz CT molecular complexity index is 1230. The Morgan fingerprint density at radius 3 is 2.64 bits per heavy atom.